The van der Waals surface area contributed by atoms with Crippen molar-refractivity contribution in [3.05, 3.63) is 40.6 Å². The molecule has 0 aliphatic rings. The first kappa shape index (κ1) is 14.0. The van der Waals surface area contributed by atoms with E-state index >= 15 is 0 Å². The monoisotopic (exact) mass is 319 g/mol. The lowest BCUT2D eigenvalue weighted by Crippen LogP contribution is -2.06. The molecule has 0 unspecified atom stereocenters. The molecule has 0 atom stereocenters. The van der Waals surface area contributed by atoms with Gasteiger partial charge in [-0.3, -0.25) is 0 Å². The fourth-order valence-electron chi connectivity index (χ4n) is 1.80. The van der Waals surface area contributed by atoms with E-state index in [1.54, 1.807) is 0 Å². The van der Waals surface area contributed by atoms with Gasteiger partial charge in [-0.25, -0.2) is 9.97 Å². The van der Waals surface area contributed by atoms with Gasteiger partial charge in [0.1, 0.15) is 11.6 Å². The van der Waals surface area contributed by atoms with Crippen molar-refractivity contribution in [3.63, 3.8) is 0 Å². The quantitative estimate of drug-likeness (QED) is 0.904. The van der Waals surface area contributed by atoms with Gasteiger partial charge >= 0.3 is 0 Å². The fraction of sp³-hybridized carbons (Fsp3) is 0.333. The van der Waals surface area contributed by atoms with Crippen LogP contribution in [0.15, 0.2) is 34.8 Å². The first-order chi connectivity index (χ1) is 9.11. The largest absolute Gasteiger partial charge is 0.370 e. The third-order valence-corrected chi connectivity index (χ3v) is 3.46. The molecule has 19 heavy (non-hydrogen) atoms. The number of halogens is 1. The summed E-state index contributed by atoms with van der Waals surface area (Å²) in [5.41, 5.74) is 2.04. The van der Waals surface area contributed by atoms with Crippen LogP contribution in [0.4, 0.5) is 5.82 Å². The van der Waals surface area contributed by atoms with Crippen LogP contribution in [0.5, 0.6) is 0 Å². The molecule has 0 bridgehead atoms. The average molecular weight is 320 g/mol. The number of hydrogen-bond acceptors (Lipinski definition) is 3. The number of rotatable bonds is 4. The minimum Gasteiger partial charge on any atom is -0.370 e. The summed E-state index contributed by atoms with van der Waals surface area (Å²) in [7, 11) is 0. The number of hydrogen-bond donors (Lipinski definition) is 1. The van der Waals surface area contributed by atoms with Crippen molar-refractivity contribution >= 4 is 21.7 Å². The van der Waals surface area contributed by atoms with Gasteiger partial charge in [0, 0.05) is 28.6 Å². The molecule has 0 spiro atoms. The molecule has 0 aliphatic carbocycles. The summed E-state index contributed by atoms with van der Waals surface area (Å²) >= 11 is 3.58. The zero-order chi connectivity index (χ0) is 13.8. The van der Waals surface area contributed by atoms with E-state index in [4.69, 9.17) is 0 Å². The van der Waals surface area contributed by atoms with Gasteiger partial charge in [-0.1, -0.05) is 48.0 Å². The molecule has 0 fully saturated rings. The molecule has 1 aromatic carbocycles. The van der Waals surface area contributed by atoms with Crippen molar-refractivity contribution in [1.29, 1.82) is 0 Å². The number of nitrogens with zero attached hydrogens (tertiary/aromatic N) is 2. The summed E-state index contributed by atoms with van der Waals surface area (Å²) < 4.78 is 1.05. The van der Waals surface area contributed by atoms with E-state index in [0.717, 1.165) is 33.9 Å². The van der Waals surface area contributed by atoms with Crippen LogP contribution in [-0.4, -0.2) is 16.5 Å². The zero-order valence-electron chi connectivity index (χ0n) is 11.4. The van der Waals surface area contributed by atoms with Crippen LogP contribution in [0.3, 0.4) is 0 Å². The minimum absolute atomic E-state index is 0.305. The Bertz CT molecular complexity index is 567. The molecule has 1 aromatic heterocycles. The molecule has 0 radical (unpaired) electrons. The van der Waals surface area contributed by atoms with E-state index in [9.17, 15) is 0 Å². The topological polar surface area (TPSA) is 37.8 Å². The molecular weight excluding hydrogens is 302 g/mol. The van der Waals surface area contributed by atoms with Gasteiger partial charge in [-0.15, -0.1) is 0 Å². The van der Waals surface area contributed by atoms with Crippen molar-refractivity contribution in [2.24, 2.45) is 0 Å². The molecule has 4 heteroatoms. The smallest absolute Gasteiger partial charge is 0.133 e. The molecule has 3 nitrogen and oxygen atoms in total. The van der Waals surface area contributed by atoms with Crippen LogP contribution < -0.4 is 5.32 Å². The SMILES string of the molecule is CCNc1cc(-c2ccccc2Br)nc(C(C)C)n1. The summed E-state index contributed by atoms with van der Waals surface area (Å²) in [6.45, 7) is 7.13. The molecule has 2 rings (SSSR count). The second-order valence-corrected chi connectivity index (χ2v) is 5.52. The van der Waals surface area contributed by atoms with Crippen LogP contribution in [0, 0.1) is 0 Å². The maximum atomic E-state index is 4.67. The third kappa shape index (κ3) is 3.32. The predicted molar refractivity (Wildman–Crippen MR) is 83.4 cm³/mol. The van der Waals surface area contributed by atoms with Gasteiger partial charge < -0.3 is 5.32 Å². The van der Waals surface area contributed by atoms with Crippen LogP contribution in [0.2, 0.25) is 0 Å². The summed E-state index contributed by atoms with van der Waals surface area (Å²) in [5.74, 6) is 2.05. The summed E-state index contributed by atoms with van der Waals surface area (Å²) in [5, 5.41) is 3.27. The Morgan fingerprint density at radius 3 is 2.58 bits per heavy atom. The van der Waals surface area contributed by atoms with Crippen LogP contribution in [0.25, 0.3) is 11.3 Å². The molecule has 2 aromatic rings. The Morgan fingerprint density at radius 1 is 1.21 bits per heavy atom. The van der Waals surface area contributed by atoms with E-state index in [1.165, 1.54) is 0 Å². The molecule has 1 heterocycles. The highest BCUT2D eigenvalue weighted by molar-refractivity contribution is 9.10. The summed E-state index contributed by atoms with van der Waals surface area (Å²) in [4.78, 5) is 9.21. The number of anilines is 1. The van der Waals surface area contributed by atoms with E-state index in [1.807, 2.05) is 24.3 Å². The first-order valence-corrected chi connectivity index (χ1v) is 7.29. The molecule has 0 aliphatic heterocycles. The first-order valence-electron chi connectivity index (χ1n) is 6.49. The molecule has 0 amide bonds. The lowest BCUT2D eigenvalue weighted by atomic mass is 10.1. The molecule has 100 valence electrons. The van der Waals surface area contributed by atoms with Crippen LogP contribution >= 0.6 is 15.9 Å². The number of aromatic nitrogens is 2. The van der Waals surface area contributed by atoms with E-state index in [-0.39, 0.29) is 0 Å². The highest BCUT2D eigenvalue weighted by Gasteiger charge is 2.10. The molecule has 0 saturated heterocycles. The Labute approximate surface area is 122 Å². The van der Waals surface area contributed by atoms with Crippen molar-refractivity contribution in [2.75, 3.05) is 11.9 Å². The maximum absolute atomic E-state index is 4.67. The lowest BCUT2D eigenvalue weighted by molar-refractivity contribution is 0.776. The van der Waals surface area contributed by atoms with E-state index in [0.29, 0.717) is 5.92 Å². The van der Waals surface area contributed by atoms with Gasteiger partial charge in [0.05, 0.1) is 5.69 Å². The molecular formula is C15H18BrN3. The maximum Gasteiger partial charge on any atom is 0.133 e. The van der Waals surface area contributed by atoms with Gasteiger partial charge in [0.25, 0.3) is 0 Å². The van der Waals surface area contributed by atoms with Crippen LogP contribution in [-0.2, 0) is 0 Å². The number of benzene rings is 1. The zero-order valence-corrected chi connectivity index (χ0v) is 13.0. The van der Waals surface area contributed by atoms with Crippen LogP contribution in [0.1, 0.15) is 32.5 Å². The highest BCUT2D eigenvalue weighted by atomic mass is 79.9. The van der Waals surface area contributed by atoms with Crippen molar-refractivity contribution in [2.45, 2.75) is 26.7 Å². The van der Waals surface area contributed by atoms with E-state index < -0.39 is 0 Å². The Balaban J connectivity index is 2.53. The van der Waals surface area contributed by atoms with Gasteiger partial charge in [-0.05, 0) is 13.0 Å². The second kappa shape index (κ2) is 6.15. The normalized spacial score (nSPS) is 10.8. The highest BCUT2D eigenvalue weighted by Crippen LogP contribution is 2.28. The molecule has 1 N–H and O–H groups in total. The molecule has 0 saturated carbocycles. The lowest BCUT2D eigenvalue weighted by Gasteiger charge is -2.11. The third-order valence-electron chi connectivity index (χ3n) is 2.77. The van der Waals surface area contributed by atoms with E-state index in [2.05, 4.69) is 58.1 Å². The van der Waals surface area contributed by atoms with Gasteiger partial charge in [0.15, 0.2) is 0 Å². The predicted octanol–water partition coefficient (Wildman–Crippen LogP) is 4.46. The summed E-state index contributed by atoms with van der Waals surface area (Å²) in [6.07, 6.45) is 0. The van der Waals surface area contributed by atoms with Crippen molar-refractivity contribution in [3.8, 4) is 11.3 Å². The number of nitrogens with one attached hydrogen (secondary N) is 1. The standard InChI is InChI=1S/C15H18BrN3/c1-4-17-14-9-13(18-15(19-14)10(2)3)11-7-5-6-8-12(11)16/h5-10H,4H2,1-3H3,(H,17,18,19). The Kier molecular flexibility index (Phi) is 4.53. The average Bonchev–Trinajstić information content (AvgIpc) is 2.39. The van der Waals surface area contributed by atoms with Crippen molar-refractivity contribution in [1.82, 2.24) is 9.97 Å². The Hall–Kier alpha value is -1.42. The van der Waals surface area contributed by atoms with Gasteiger partial charge in [-0.2, -0.15) is 0 Å². The Morgan fingerprint density at radius 2 is 1.95 bits per heavy atom. The van der Waals surface area contributed by atoms with Gasteiger partial charge in [0.2, 0.25) is 0 Å². The fourth-order valence-corrected chi connectivity index (χ4v) is 2.29. The minimum atomic E-state index is 0.305. The van der Waals surface area contributed by atoms with Crippen molar-refractivity contribution < 1.29 is 0 Å². The summed E-state index contributed by atoms with van der Waals surface area (Å²) in [6, 6.07) is 10.1. The second-order valence-electron chi connectivity index (χ2n) is 4.66.